The summed E-state index contributed by atoms with van der Waals surface area (Å²) in [5.41, 5.74) is 7.48. The molecule has 1 amide bonds. The van der Waals surface area contributed by atoms with Crippen LogP contribution in [-0.2, 0) is 6.54 Å². The second-order valence-electron chi connectivity index (χ2n) is 5.96. The Morgan fingerprint density at radius 3 is 2.87 bits per heavy atom. The van der Waals surface area contributed by atoms with Crippen LogP contribution in [0.5, 0.6) is 0 Å². The average molecular weight is 329 g/mol. The highest BCUT2D eigenvalue weighted by atomic mass is 32.1. The van der Waals surface area contributed by atoms with Gasteiger partial charge in [-0.2, -0.15) is 0 Å². The van der Waals surface area contributed by atoms with E-state index in [0.29, 0.717) is 18.2 Å². The molecule has 122 valence electrons. The molecule has 23 heavy (non-hydrogen) atoms. The van der Waals surface area contributed by atoms with Crippen molar-refractivity contribution in [2.24, 2.45) is 5.73 Å². The summed E-state index contributed by atoms with van der Waals surface area (Å²) in [6.07, 6.45) is 3.16. The van der Waals surface area contributed by atoms with Crippen LogP contribution in [0.4, 0.5) is 0 Å². The molecule has 0 bridgehead atoms. The molecule has 2 unspecified atom stereocenters. The number of rotatable bonds is 5. The Morgan fingerprint density at radius 2 is 2.22 bits per heavy atom. The summed E-state index contributed by atoms with van der Waals surface area (Å²) >= 11 is 1.46. The van der Waals surface area contributed by atoms with Crippen LogP contribution >= 0.6 is 11.3 Å². The third-order valence-electron chi connectivity index (χ3n) is 4.64. The minimum absolute atomic E-state index is 0.0535. The lowest BCUT2D eigenvalue weighted by Gasteiger charge is -2.31. The molecule has 0 aliphatic carbocycles. The predicted molar refractivity (Wildman–Crippen MR) is 93.5 cm³/mol. The summed E-state index contributed by atoms with van der Waals surface area (Å²) in [5.74, 6) is 0.438. The SMILES string of the molecule is CCC(c1ccccc1)C1CCCN1C(=O)c1csc(CN)n1. The zero-order chi connectivity index (χ0) is 16.2. The monoisotopic (exact) mass is 329 g/mol. The lowest BCUT2D eigenvalue weighted by Crippen LogP contribution is -2.39. The molecule has 1 aromatic heterocycles. The van der Waals surface area contributed by atoms with Crippen LogP contribution in [0.3, 0.4) is 0 Å². The van der Waals surface area contributed by atoms with E-state index in [0.717, 1.165) is 30.8 Å². The molecule has 4 nitrogen and oxygen atoms in total. The second-order valence-corrected chi connectivity index (χ2v) is 6.91. The average Bonchev–Trinajstić information content (AvgIpc) is 3.25. The first-order valence-electron chi connectivity index (χ1n) is 8.25. The Bertz CT molecular complexity index is 655. The molecule has 1 saturated heterocycles. The van der Waals surface area contributed by atoms with E-state index < -0.39 is 0 Å². The molecule has 0 saturated carbocycles. The van der Waals surface area contributed by atoms with Gasteiger partial charge in [-0.25, -0.2) is 4.98 Å². The van der Waals surface area contributed by atoms with Gasteiger partial charge in [0.15, 0.2) is 0 Å². The molecule has 0 spiro atoms. The summed E-state index contributed by atoms with van der Waals surface area (Å²) in [7, 11) is 0. The van der Waals surface area contributed by atoms with E-state index >= 15 is 0 Å². The Hall–Kier alpha value is -1.72. The summed E-state index contributed by atoms with van der Waals surface area (Å²) < 4.78 is 0. The van der Waals surface area contributed by atoms with Gasteiger partial charge in [0.05, 0.1) is 0 Å². The number of amides is 1. The lowest BCUT2D eigenvalue weighted by molar-refractivity contribution is 0.0709. The van der Waals surface area contributed by atoms with Crippen LogP contribution < -0.4 is 5.73 Å². The van der Waals surface area contributed by atoms with E-state index in [4.69, 9.17) is 5.73 Å². The van der Waals surface area contributed by atoms with Gasteiger partial charge in [0.25, 0.3) is 5.91 Å². The van der Waals surface area contributed by atoms with E-state index in [1.165, 1.54) is 16.9 Å². The van der Waals surface area contributed by atoms with Crippen molar-refractivity contribution < 1.29 is 4.79 Å². The fraction of sp³-hybridized carbons (Fsp3) is 0.444. The largest absolute Gasteiger partial charge is 0.334 e. The highest BCUT2D eigenvalue weighted by Crippen LogP contribution is 2.34. The van der Waals surface area contributed by atoms with Gasteiger partial charge in [-0.15, -0.1) is 11.3 Å². The van der Waals surface area contributed by atoms with Gasteiger partial charge in [0.1, 0.15) is 10.7 Å². The van der Waals surface area contributed by atoms with Gasteiger partial charge in [0, 0.05) is 30.4 Å². The summed E-state index contributed by atoms with van der Waals surface area (Å²) in [6, 6.07) is 10.8. The number of aromatic nitrogens is 1. The maximum Gasteiger partial charge on any atom is 0.273 e. The van der Waals surface area contributed by atoms with Crippen molar-refractivity contribution in [1.29, 1.82) is 0 Å². The first-order chi connectivity index (χ1) is 11.2. The van der Waals surface area contributed by atoms with Crippen molar-refractivity contribution in [2.75, 3.05) is 6.54 Å². The molecular weight excluding hydrogens is 306 g/mol. The molecule has 1 aliphatic heterocycles. The maximum atomic E-state index is 12.9. The van der Waals surface area contributed by atoms with Crippen molar-refractivity contribution in [3.05, 3.63) is 52.0 Å². The molecule has 2 aromatic rings. The van der Waals surface area contributed by atoms with E-state index in [-0.39, 0.29) is 11.9 Å². The van der Waals surface area contributed by atoms with Crippen LogP contribution in [0.15, 0.2) is 35.7 Å². The Balaban J connectivity index is 1.82. The van der Waals surface area contributed by atoms with Crippen molar-refractivity contribution >= 4 is 17.2 Å². The van der Waals surface area contributed by atoms with Gasteiger partial charge in [-0.1, -0.05) is 37.3 Å². The number of nitrogens with two attached hydrogens (primary N) is 1. The molecular formula is C18H23N3OS. The van der Waals surface area contributed by atoms with Crippen molar-refractivity contribution in [3.63, 3.8) is 0 Å². The Kier molecular flexibility index (Phi) is 5.08. The van der Waals surface area contributed by atoms with Crippen molar-refractivity contribution in [3.8, 4) is 0 Å². The third-order valence-corrected chi connectivity index (χ3v) is 5.51. The molecule has 1 aromatic carbocycles. The highest BCUT2D eigenvalue weighted by Gasteiger charge is 2.35. The van der Waals surface area contributed by atoms with Gasteiger partial charge >= 0.3 is 0 Å². The standard InChI is InChI=1S/C18H23N3OS/c1-2-14(13-7-4-3-5-8-13)16-9-6-10-21(16)18(22)15-12-23-17(11-19)20-15/h3-5,7-8,12,14,16H,2,6,9-11,19H2,1H3. The normalized spacial score (nSPS) is 19.0. The minimum Gasteiger partial charge on any atom is -0.334 e. The van der Waals surface area contributed by atoms with E-state index in [1.54, 1.807) is 0 Å². The molecule has 2 atom stereocenters. The number of carbonyl (C=O) groups is 1. The van der Waals surface area contributed by atoms with Gasteiger partial charge in [-0.3, -0.25) is 4.79 Å². The zero-order valence-electron chi connectivity index (χ0n) is 13.4. The number of likely N-dealkylation sites (tertiary alicyclic amines) is 1. The van der Waals surface area contributed by atoms with Crippen molar-refractivity contribution in [1.82, 2.24) is 9.88 Å². The zero-order valence-corrected chi connectivity index (χ0v) is 14.3. The van der Waals surface area contributed by atoms with Crippen LogP contribution in [0, 0.1) is 0 Å². The van der Waals surface area contributed by atoms with Crippen LogP contribution in [0.1, 0.15) is 53.2 Å². The van der Waals surface area contributed by atoms with Crippen LogP contribution in [0.2, 0.25) is 0 Å². The van der Waals surface area contributed by atoms with Gasteiger partial charge < -0.3 is 10.6 Å². The quantitative estimate of drug-likeness (QED) is 0.914. The maximum absolute atomic E-state index is 12.9. The van der Waals surface area contributed by atoms with Crippen LogP contribution in [-0.4, -0.2) is 28.4 Å². The molecule has 2 N–H and O–H groups in total. The molecule has 1 fully saturated rings. The molecule has 5 heteroatoms. The summed E-state index contributed by atoms with van der Waals surface area (Å²) in [4.78, 5) is 19.3. The first kappa shape index (κ1) is 16.1. The highest BCUT2D eigenvalue weighted by molar-refractivity contribution is 7.09. The summed E-state index contributed by atoms with van der Waals surface area (Å²) in [5, 5.41) is 2.66. The minimum atomic E-state index is 0.0535. The number of nitrogens with zero attached hydrogens (tertiary/aromatic N) is 2. The first-order valence-corrected chi connectivity index (χ1v) is 9.13. The number of hydrogen-bond donors (Lipinski definition) is 1. The number of thiazole rings is 1. The second kappa shape index (κ2) is 7.23. The topological polar surface area (TPSA) is 59.2 Å². The number of benzene rings is 1. The Labute approximate surface area is 141 Å². The molecule has 3 rings (SSSR count). The number of hydrogen-bond acceptors (Lipinski definition) is 4. The van der Waals surface area contributed by atoms with E-state index in [1.807, 2.05) is 16.3 Å². The Morgan fingerprint density at radius 1 is 1.43 bits per heavy atom. The van der Waals surface area contributed by atoms with Gasteiger partial charge in [-0.05, 0) is 24.8 Å². The molecule has 0 radical (unpaired) electrons. The predicted octanol–water partition coefficient (Wildman–Crippen LogP) is 3.40. The van der Waals surface area contributed by atoms with Crippen LogP contribution in [0.25, 0.3) is 0 Å². The smallest absolute Gasteiger partial charge is 0.273 e. The van der Waals surface area contributed by atoms with E-state index in [9.17, 15) is 4.79 Å². The number of carbonyl (C=O) groups excluding carboxylic acids is 1. The van der Waals surface area contributed by atoms with E-state index in [2.05, 4.69) is 36.2 Å². The third kappa shape index (κ3) is 3.31. The fourth-order valence-electron chi connectivity index (χ4n) is 3.54. The molecule has 2 heterocycles. The summed E-state index contributed by atoms with van der Waals surface area (Å²) in [6.45, 7) is 3.42. The lowest BCUT2D eigenvalue weighted by atomic mass is 9.87. The fourth-order valence-corrected chi connectivity index (χ4v) is 4.19. The van der Waals surface area contributed by atoms with Gasteiger partial charge in [0.2, 0.25) is 0 Å². The van der Waals surface area contributed by atoms with Crippen molar-refractivity contribution in [2.45, 2.75) is 44.7 Å². The molecule has 1 aliphatic rings.